The Morgan fingerprint density at radius 3 is 2.07 bits per heavy atom. The number of carbonyl (C=O) groups excluding carboxylic acids is 4. The molecule has 0 radical (unpaired) electrons. The number of ether oxygens (including phenoxy) is 2. The Morgan fingerprint density at radius 2 is 1.50 bits per heavy atom. The zero-order valence-corrected chi connectivity index (χ0v) is 23.5. The van der Waals surface area contributed by atoms with Crippen LogP contribution in [0.15, 0.2) is 71.8 Å². The summed E-state index contributed by atoms with van der Waals surface area (Å²) in [4.78, 5) is 54.4. The number of amides is 4. The molecule has 42 heavy (non-hydrogen) atoms. The van der Waals surface area contributed by atoms with Crippen LogP contribution in [0.25, 0.3) is 0 Å². The van der Waals surface area contributed by atoms with Crippen molar-refractivity contribution in [1.82, 2.24) is 20.3 Å². The average molecular weight is 579 g/mol. The minimum atomic E-state index is -1.33. The van der Waals surface area contributed by atoms with Crippen molar-refractivity contribution in [3.63, 3.8) is 0 Å². The molecule has 0 bridgehead atoms. The quantitative estimate of drug-likeness (QED) is 0.242. The number of nitrogens with one attached hydrogen (secondary N) is 1. The molecule has 2 aliphatic rings. The van der Waals surface area contributed by atoms with Crippen LogP contribution in [0.4, 0.5) is 0 Å². The van der Waals surface area contributed by atoms with E-state index >= 15 is 0 Å². The lowest BCUT2D eigenvalue weighted by atomic mass is 10.0. The van der Waals surface area contributed by atoms with Gasteiger partial charge in [0.05, 0.1) is 26.7 Å². The van der Waals surface area contributed by atoms with Crippen molar-refractivity contribution in [3.05, 3.63) is 83.0 Å². The van der Waals surface area contributed by atoms with Crippen LogP contribution in [-0.4, -0.2) is 82.3 Å². The fourth-order valence-corrected chi connectivity index (χ4v) is 4.98. The SMILES string of the molecule is COc1cccc(CN2CC=C(CCC(=O)N(O)C(CC(=O)NO)C3=CCN(Cc4cccc(OC)c4)C3=O)C2=O)c1. The third-order valence-corrected chi connectivity index (χ3v) is 7.22. The summed E-state index contributed by atoms with van der Waals surface area (Å²) in [6.45, 7) is 1.20. The maximum Gasteiger partial charge on any atom is 0.252 e. The molecule has 0 spiro atoms. The first kappa shape index (κ1) is 30.3. The molecule has 1 atom stereocenters. The topological polar surface area (TPSA) is 149 Å². The number of hydroxylamine groups is 3. The summed E-state index contributed by atoms with van der Waals surface area (Å²) in [6.07, 6.45) is 2.59. The van der Waals surface area contributed by atoms with Gasteiger partial charge in [-0.15, -0.1) is 0 Å². The van der Waals surface area contributed by atoms with Crippen LogP contribution in [0.3, 0.4) is 0 Å². The van der Waals surface area contributed by atoms with E-state index < -0.39 is 30.2 Å². The van der Waals surface area contributed by atoms with Crippen LogP contribution in [0, 0.1) is 0 Å². The van der Waals surface area contributed by atoms with E-state index in [0.29, 0.717) is 35.2 Å². The summed E-state index contributed by atoms with van der Waals surface area (Å²) < 4.78 is 10.5. The Balaban J connectivity index is 1.37. The van der Waals surface area contributed by atoms with E-state index in [1.165, 1.54) is 10.4 Å². The summed E-state index contributed by atoms with van der Waals surface area (Å²) in [5, 5.41) is 20.3. The summed E-state index contributed by atoms with van der Waals surface area (Å²) in [5.74, 6) is -1.00. The van der Waals surface area contributed by atoms with Crippen LogP contribution >= 0.6 is 0 Å². The van der Waals surface area contributed by atoms with Crippen molar-refractivity contribution in [2.45, 2.75) is 38.4 Å². The molecule has 12 heteroatoms. The molecular formula is C30H34N4O8. The summed E-state index contributed by atoms with van der Waals surface area (Å²) in [5.41, 5.74) is 3.69. The number of nitrogens with zero attached hydrogens (tertiary/aromatic N) is 3. The number of methoxy groups -OCH3 is 2. The van der Waals surface area contributed by atoms with E-state index in [9.17, 15) is 24.4 Å². The Hall–Kier alpha value is -4.68. The van der Waals surface area contributed by atoms with Crippen LogP contribution < -0.4 is 15.0 Å². The first-order chi connectivity index (χ1) is 20.2. The minimum absolute atomic E-state index is 0.0537. The number of benzene rings is 2. The molecule has 12 nitrogen and oxygen atoms in total. The van der Waals surface area contributed by atoms with E-state index in [1.807, 2.05) is 30.3 Å². The van der Waals surface area contributed by atoms with Crippen molar-refractivity contribution < 1.29 is 39.1 Å². The van der Waals surface area contributed by atoms with Gasteiger partial charge in [0.15, 0.2) is 0 Å². The second-order valence-corrected chi connectivity index (χ2v) is 9.96. The average Bonchev–Trinajstić information content (AvgIpc) is 3.54. The molecule has 0 aliphatic carbocycles. The van der Waals surface area contributed by atoms with Crippen LogP contribution in [0.2, 0.25) is 0 Å². The summed E-state index contributed by atoms with van der Waals surface area (Å²) in [6, 6.07) is 13.3. The van der Waals surface area contributed by atoms with Crippen LogP contribution in [0.1, 0.15) is 30.4 Å². The maximum absolute atomic E-state index is 13.3. The van der Waals surface area contributed by atoms with Crippen molar-refractivity contribution >= 4 is 23.6 Å². The Kier molecular flexibility index (Phi) is 9.94. The zero-order valence-electron chi connectivity index (χ0n) is 23.5. The predicted octanol–water partition coefficient (Wildman–Crippen LogP) is 2.20. The maximum atomic E-state index is 13.3. The standard InChI is InChI=1S/C30H34N4O8/c1-41-23-7-3-5-20(15-23)18-32-13-11-22(29(32)37)9-10-28(36)34(40)26(17-27(35)31-39)25-12-14-33(30(25)38)19-21-6-4-8-24(16-21)42-2/h3-8,11-12,15-16,26,39-40H,9-10,13-14,17-19H2,1-2H3,(H,31,35). The molecule has 2 heterocycles. The first-order valence-corrected chi connectivity index (χ1v) is 13.4. The molecule has 2 aromatic carbocycles. The highest BCUT2D eigenvalue weighted by Crippen LogP contribution is 2.26. The Morgan fingerprint density at radius 1 is 0.929 bits per heavy atom. The van der Waals surface area contributed by atoms with Gasteiger partial charge in [-0.3, -0.25) is 29.6 Å². The normalized spacial score (nSPS) is 15.3. The van der Waals surface area contributed by atoms with Gasteiger partial charge >= 0.3 is 0 Å². The third-order valence-electron chi connectivity index (χ3n) is 7.22. The lowest BCUT2D eigenvalue weighted by molar-refractivity contribution is -0.174. The van der Waals surface area contributed by atoms with E-state index in [0.717, 1.165) is 11.1 Å². The van der Waals surface area contributed by atoms with E-state index in [1.54, 1.807) is 49.5 Å². The van der Waals surface area contributed by atoms with Crippen molar-refractivity contribution in [1.29, 1.82) is 0 Å². The van der Waals surface area contributed by atoms with Gasteiger partial charge in [-0.2, -0.15) is 0 Å². The van der Waals surface area contributed by atoms with Gasteiger partial charge < -0.3 is 19.3 Å². The molecule has 0 saturated carbocycles. The van der Waals surface area contributed by atoms with E-state index in [4.69, 9.17) is 14.7 Å². The molecular weight excluding hydrogens is 544 g/mol. The second kappa shape index (κ2) is 13.8. The fraction of sp³-hybridized carbons (Fsp3) is 0.333. The van der Waals surface area contributed by atoms with Gasteiger partial charge in [0.25, 0.3) is 5.91 Å². The molecule has 2 aliphatic heterocycles. The lowest BCUT2D eigenvalue weighted by Crippen LogP contribution is -2.44. The van der Waals surface area contributed by atoms with E-state index in [-0.39, 0.29) is 37.4 Å². The fourth-order valence-electron chi connectivity index (χ4n) is 4.98. The first-order valence-electron chi connectivity index (χ1n) is 13.4. The molecule has 4 rings (SSSR count). The Labute approximate surface area is 243 Å². The molecule has 0 aromatic heterocycles. The molecule has 0 saturated heterocycles. The van der Waals surface area contributed by atoms with Crippen LogP contribution in [-0.2, 0) is 32.3 Å². The molecule has 2 aromatic rings. The van der Waals surface area contributed by atoms with Gasteiger partial charge in [0.2, 0.25) is 17.7 Å². The molecule has 3 N–H and O–H groups in total. The highest BCUT2D eigenvalue weighted by molar-refractivity contribution is 5.99. The van der Waals surface area contributed by atoms with E-state index in [2.05, 4.69) is 0 Å². The Bertz CT molecular complexity index is 1410. The molecule has 1 unspecified atom stereocenters. The highest BCUT2D eigenvalue weighted by Gasteiger charge is 2.37. The zero-order chi connectivity index (χ0) is 30.2. The van der Waals surface area contributed by atoms with Gasteiger partial charge in [-0.1, -0.05) is 36.4 Å². The summed E-state index contributed by atoms with van der Waals surface area (Å²) in [7, 11) is 3.11. The predicted molar refractivity (Wildman–Crippen MR) is 149 cm³/mol. The largest absolute Gasteiger partial charge is 0.497 e. The minimum Gasteiger partial charge on any atom is -0.497 e. The lowest BCUT2D eigenvalue weighted by Gasteiger charge is -2.27. The number of rotatable bonds is 13. The highest BCUT2D eigenvalue weighted by atomic mass is 16.5. The summed E-state index contributed by atoms with van der Waals surface area (Å²) >= 11 is 0. The van der Waals surface area contributed by atoms with Crippen molar-refractivity contribution in [2.24, 2.45) is 0 Å². The molecule has 222 valence electrons. The second-order valence-electron chi connectivity index (χ2n) is 9.96. The van der Waals surface area contributed by atoms with Crippen molar-refractivity contribution in [2.75, 3.05) is 27.3 Å². The smallest absolute Gasteiger partial charge is 0.252 e. The van der Waals surface area contributed by atoms with Crippen molar-refractivity contribution in [3.8, 4) is 11.5 Å². The third kappa shape index (κ3) is 7.14. The number of hydrogen-bond acceptors (Lipinski definition) is 8. The van der Waals surface area contributed by atoms with Gasteiger partial charge in [0.1, 0.15) is 11.5 Å². The van der Waals surface area contributed by atoms with Gasteiger partial charge in [-0.25, -0.2) is 10.5 Å². The number of hydrogen-bond donors (Lipinski definition) is 3. The van der Waals surface area contributed by atoms with Crippen LogP contribution in [0.5, 0.6) is 11.5 Å². The molecule has 0 fully saturated rings. The van der Waals surface area contributed by atoms with Gasteiger partial charge in [0, 0.05) is 43.7 Å². The number of carbonyl (C=O) groups is 4. The van der Waals surface area contributed by atoms with Gasteiger partial charge in [-0.05, 0) is 41.8 Å². The molecule has 4 amide bonds. The monoisotopic (exact) mass is 578 g/mol.